The molecule has 2 atom stereocenters. The third-order valence-corrected chi connectivity index (χ3v) is 4.40. The van der Waals surface area contributed by atoms with Crippen molar-refractivity contribution in [1.82, 2.24) is 0 Å². The average Bonchev–Trinajstić information content (AvgIpc) is 3.18. The molecule has 0 saturated heterocycles. The number of rotatable bonds is 3. The number of thioether (sulfide) groups is 1. The topological polar surface area (TPSA) is 95.5 Å². The van der Waals surface area contributed by atoms with Crippen LogP contribution < -0.4 is 10.6 Å². The summed E-state index contributed by atoms with van der Waals surface area (Å²) in [6, 6.07) is 5.27. The monoisotopic (exact) mass is 292 g/mol. The number of fused-ring (bicyclic) bond motifs is 1. The minimum absolute atomic E-state index is 0.0703. The molecule has 3 N–H and O–H groups in total. The van der Waals surface area contributed by atoms with E-state index >= 15 is 0 Å². The summed E-state index contributed by atoms with van der Waals surface area (Å²) in [4.78, 5) is 34.8. The lowest BCUT2D eigenvalue weighted by Gasteiger charge is -2.17. The molecule has 1 aliphatic heterocycles. The minimum Gasteiger partial charge on any atom is -0.481 e. The van der Waals surface area contributed by atoms with E-state index in [-0.39, 0.29) is 11.8 Å². The van der Waals surface area contributed by atoms with Crippen LogP contribution in [0.2, 0.25) is 0 Å². The fraction of sp³-hybridized carbons (Fsp3) is 0.308. The van der Waals surface area contributed by atoms with E-state index < -0.39 is 17.8 Å². The Kier molecular flexibility index (Phi) is 3.13. The van der Waals surface area contributed by atoms with Crippen LogP contribution in [0.15, 0.2) is 23.1 Å². The molecule has 1 saturated carbocycles. The summed E-state index contributed by atoms with van der Waals surface area (Å²) in [6.07, 6.45) is 0.388. The standard InChI is InChI=1S/C13H12N2O4S/c16-11-5-20-10-2-1-6(3-9(10)15-11)14-12(17)7-4-8(7)13(18)19/h1-3,7-8H,4-5H2,(H,14,17)(H,15,16)(H,18,19)/t7-,8+/m1/s1. The maximum absolute atomic E-state index is 11.9. The van der Waals surface area contributed by atoms with E-state index in [1.807, 2.05) is 6.07 Å². The average molecular weight is 292 g/mol. The van der Waals surface area contributed by atoms with Gasteiger partial charge < -0.3 is 15.7 Å². The lowest BCUT2D eigenvalue weighted by atomic mass is 10.2. The van der Waals surface area contributed by atoms with Gasteiger partial charge in [-0.3, -0.25) is 14.4 Å². The van der Waals surface area contributed by atoms with Crippen LogP contribution in [-0.4, -0.2) is 28.6 Å². The van der Waals surface area contributed by atoms with E-state index in [1.165, 1.54) is 11.8 Å². The van der Waals surface area contributed by atoms with Gasteiger partial charge in [-0.1, -0.05) is 0 Å². The Balaban J connectivity index is 1.69. The van der Waals surface area contributed by atoms with Gasteiger partial charge >= 0.3 is 5.97 Å². The zero-order chi connectivity index (χ0) is 14.3. The lowest BCUT2D eigenvalue weighted by molar-refractivity contribution is -0.139. The highest BCUT2D eigenvalue weighted by Crippen LogP contribution is 2.40. The van der Waals surface area contributed by atoms with E-state index in [9.17, 15) is 14.4 Å². The van der Waals surface area contributed by atoms with Gasteiger partial charge in [0.2, 0.25) is 11.8 Å². The predicted octanol–water partition coefficient (Wildman–Crippen LogP) is 1.39. The van der Waals surface area contributed by atoms with Crippen LogP contribution in [0.3, 0.4) is 0 Å². The summed E-state index contributed by atoms with van der Waals surface area (Å²) in [5.74, 6) is -1.91. The number of carboxylic acid groups (broad SMARTS) is 1. The van der Waals surface area contributed by atoms with Crippen molar-refractivity contribution < 1.29 is 19.5 Å². The van der Waals surface area contributed by atoms with Gasteiger partial charge in [-0.05, 0) is 24.6 Å². The van der Waals surface area contributed by atoms with Crippen LogP contribution in [0.25, 0.3) is 0 Å². The maximum Gasteiger partial charge on any atom is 0.307 e. The molecule has 0 radical (unpaired) electrons. The zero-order valence-electron chi connectivity index (χ0n) is 10.4. The van der Waals surface area contributed by atoms with E-state index in [0.717, 1.165) is 4.90 Å². The SMILES string of the molecule is O=C1CSc2ccc(NC(=O)[C@@H]3C[C@@H]3C(=O)O)cc2N1. The largest absolute Gasteiger partial charge is 0.481 e. The normalized spacial score (nSPS) is 23.5. The van der Waals surface area contributed by atoms with Crippen LogP contribution >= 0.6 is 11.8 Å². The number of carbonyl (C=O) groups is 3. The first kappa shape index (κ1) is 13.0. The van der Waals surface area contributed by atoms with Gasteiger partial charge in [0.25, 0.3) is 0 Å². The van der Waals surface area contributed by atoms with E-state index in [1.54, 1.807) is 12.1 Å². The number of benzene rings is 1. The van der Waals surface area contributed by atoms with Crippen LogP contribution in [0.4, 0.5) is 11.4 Å². The fourth-order valence-corrected chi connectivity index (χ4v) is 2.94. The number of nitrogens with one attached hydrogen (secondary N) is 2. The summed E-state index contributed by atoms with van der Waals surface area (Å²) in [5.41, 5.74) is 1.24. The number of anilines is 2. The van der Waals surface area contributed by atoms with Gasteiger partial charge in [0.05, 0.1) is 23.3 Å². The number of carbonyl (C=O) groups excluding carboxylic acids is 2. The van der Waals surface area contributed by atoms with Gasteiger partial charge in [-0.25, -0.2) is 0 Å². The Morgan fingerprint density at radius 1 is 1.35 bits per heavy atom. The van der Waals surface area contributed by atoms with Crippen molar-refractivity contribution in [1.29, 1.82) is 0 Å². The molecule has 1 aliphatic carbocycles. The second kappa shape index (κ2) is 4.82. The Morgan fingerprint density at radius 3 is 2.85 bits per heavy atom. The molecule has 6 nitrogen and oxygen atoms in total. The Bertz CT molecular complexity index is 616. The van der Waals surface area contributed by atoms with E-state index in [2.05, 4.69) is 10.6 Å². The highest BCUT2D eigenvalue weighted by Gasteiger charge is 2.48. The van der Waals surface area contributed by atoms with Gasteiger partial charge in [-0.2, -0.15) is 0 Å². The lowest BCUT2D eigenvalue weighted by Crippen LogP contribution is -2.20. The summed E-state index contributed by atoms with van der Waals surface area (Å²) < 4.78 is 0. The zero-order valence-corrected chi connectivity index (χ0v) is 11.2. The van der Waals surface area contributed by atoms with Crippen molar-refractivity contribution in [3.8, 4) is 0 Å². The van der Waals surface area contributed by atoms with Crippen molar-refractivity contribution in [2.75, 3.05) is 16.4 Å². The first-order valence-electron chi connectivity index (χ1n) is 6.15. The quantitative estimate of drug-likeness (QED) is 0.782. The molecule has 0 bridgehead atoms. The number of hydrogen-bond acceptors (Lipinski definition) is 4. The van der Waals surface area contributed by atoms with Crippen LogP contribution in [0.1, 0.15) is 6.42 Å². The summed E-state index contributed by atoms with van der Waals surface area (Å²) in [6.45, 7) is 0. The highest BCUT2D eigenvalue weighted by molar-refractivity contribution is 8.00. The van der Waals surface area contributed by atoms with Gasteiger partial charge in [-0.15, -0.1) is 11.8 Å². The molecule has 104 valence electrons. The Morgan fingerprint density at radius 2 is 2.15 bits per heavy atom. The molecule has 2 aliphatic rings. The third kappa shape index (κ3) is 2.49. The molecule has 7 heteroatoms. The summed E-state index contributed by atoms with van der Waals surface area (Å²) >= 11 is 1.44. The van der Waals surface area contributed by atoms with Crippen LogP contribution in [-0.2, 0) is 14.4 Å². The third-order valence-electron chi connectivity index (χ3n) is 3.32. The second-order valence-electron chi connectivity index (χ2n) is 4.82. The smallest absolute Gasteiger partial charge is 0.307 e. The van der Waals surface area contributed by atoms with Gasteiger partial charge in [0, 0.05) is 10.6 Å². The molecule has 0 spiro atoms. The van der Waals surface area contributed by atoms with Gasteiger partial charge in [0.1, 0.15) is 0 Å². The molecule has 1 fully saturated rings. The number of hydrogen-bond donors (Lipinski definition) is 3. The molecule has 3 rings (SSSR count). The molecule has 1 aromatic rings. The van der Waals surface area contributed by atoms with Crippen molar-refractivity contribution >= 4 is 40.9 Å². The molecule has 1 heterocycles. The van der Waals surface area contributed by atoms with E-state index in [4.69, 9.17) is 5.11 Å². The fourth-order valence-electron chi connectivity index (χ4n) is 2.15. The Hall–Kier alpha value is -2.02. The molecule has 2 amide bonds. The first-order valence-corrected chi connectivity index (χ1v) is 7.13. The molecule has 1 aromatic carbocycles. The number of carboxylic acids is 1. The van der Waals surface area contributed by atoms with Crippen LogP contribution in [0, 0.1) is 11.8 Å². The maximum atomic E-state index is 11.9. The summed E-state index contributed by atoms with van der Waals surface area (Å²) in [7, 11) is 0. The number of amides is 2. The van der Waals surface area contributed by atoms with Crippen LogP contribution in [0.5, 0.6) is 0 Å². The van der Waals surface area contributed by atoms with Crippen molar-refractivity contribution in [3.63, 3.8) is 0 Å². The van der Waals surface area contributed by atoms with Crippen molar-refractivity contribution in [3.05, 3.63) is 18.2 Å². The van der Waals surface area contributed by atoms with E-state index in [0.29, 0.717) is 23.5 Å². The summed E-state index contributed by atoms with van der Waals surface area (Å²) in [5, 5.41) is 14.2. The predicted molar refractivity (Wildman–Crippen MR) is 73.7 cm³/mol. The van der Waals surface area contributed by atoms with Gasteiger partial charge in [0.15, 0.2) is 0 Å². The minimum atomic E-state index is -0.931. The molecule has 20 heavy (non-hydrogen) atoms. The second-order valence-corrected chi connectivity index (χ2v) is 5.84. The Labute approximate surface area is 118 Å². The molecule has 0 aromatic heterocycles. The van der Waals surface area contributed by atoms with Crippen molar-refractivity contribution in [2.24, 2.45) is 11.8 Å². The molecular formula is C13H12N2O4S. The molecular weight excluding hydrogens is 280 g/mol. The van der Waals surface area contributed by atoms with Crippen molar-refractivity contribution in [2.45, 2.75) is 11.3 Å². The first-order chi connectivity index (χ1) is 9.54. The molecule has 0 unspecified atom stereocenters. The number of aliphatic carboxylic acids is 1. The highest BCUT2D eigenvalue weighted by atomic mass is 32.2.